The predicted octanol–water partition coefficient (Wildman–Crippen LogP) is 5.31. The van der Waals surface area contributed by atoms with E-state index in [1.54, 1.807) is 0 Å². The van der Waals surface area contributed by atoms with Gasteiger partial charge < -0.3 is 0 Å². The monoisotopic (exact) mass is 263 g/mol. The molecule has 0 aliphatic carbocycles. The molecule has 0 N–H and O–H groups in total. The zero-order valence-electron chi connectivity index (χ0n) is 12.9. The first-order valence-electron chi connectivity index (χ1n) is 8.82. The first kappa shape index (κ1) is 15.1. The summed E-state index contributed by atoms with van der Waals surface area (Å²) in [5.74, 6) is 0. The van der Waals surface area contributed by atoms with Crippen molar-refractivity contribution in [2.45, 2.75) is 96.1 Å². The van der Waals surface area contributed by atoms with E-state index >= 15 is 0 Å². The van der Waals surface area contributed by atoms with Crippen molar-refractivity contribution in [1.29, 1.82) is 0 Å². The van der Waals surface area contributed by atoms with Crippen LogP contribution in [0.25, 0.3) is 0 Å². The predicted molar refractivity (Wildman–Crippen MR) is 84.5 cm³/mol. The minimum Gasteiger partial charge on any atom is -0.297 e. The molecule has 2 fully saturated rings. The lowest BCUT2D eigenvalue weighted by Crippen LogP contribution is -2.42. The van der Waals surface area contributed by atoms with Gasteiger partial charge in [-0.3, -0.25) is 4.90 Å². The second-order valence-corrected chi connectivity index (χ2v) is 6.53. The standard InChI is InChI=1S/C18H33N/c1-2-3-4-5-6-7-8-9-12-17-13-10-14-18-15-11-16-19(17)18/h8-9,17-18H,2-7,10-16H2,1H3/b9-8+/t17-,18+/m0/s1. The molecule has 2 rings (SSSR count). The maximum Gasteiger partial charge on any atom is 0.0133 e. The first-order chi connectivity index (χ1) is 9.42. The highest BCUT2D eigenvalue weighted by atomic mass is 15.2. The van der Waals surface area contributed by atoms with E-state index in [1.807, 2.05) is 0 Å². The average Bonchev–Trinajstić information content (AvgIpc) is 2.91. The summed E-state index contributed by atoms with van der Waals surface area (Å²) < 4.78 is 0. The van der Waals surface area contributed by atoms with Crippen molar-refractivity contribution in [3.05, 3.63) is 12.2 Å². The largest absolute Gasteiger partial charge is 0.297 e. The van der Waals surface area contributed by atoms with Crippen LogP contribution < -0.4 is 0 Å². The number of allylic oxidation sites excluding steroid dienone is 1. The second-order valence-electron chi connectivity index (χ2n) is 6.53. The van der Waals surface area contributed by atoms with Gasteiger partial charge in [0.15, 0.2) is 0 Å². The lowest BCUT2D eigenvalue weighted by molar-refractivity contribution is 0.124. The van der Waals surface area contributed by atoms with Gasteiger partial charge in [0.2, 0.25) is 0 Å². The molecular formula is C18H33N. The molecular weight excluding hydrogens is 230 g/mol. The highest BCUT2D eigenvalue weighted by molar-refractivity contribution is 4.94. The van der Waals surface area contributed by atoms with Gasteiger partial charge in [-0.1, -0.05) is 51.2 Å². The number of rotatable bonds is 8. The Morgan fingerprint density at radius 2 is 1.79 bits per heavy atom. The molecule has 0 amide bonds. The van der Waals surface area contributed by atoms with Crippen molar-refractivity contribution in [3.63, 3.8) is 0 Å². The molecule has 2 heterocycles. The van der Waals surface area contributed by atoms with E-state index in [2.05, 4.69) is 24.0 Å². The van der Waals surface area contributed by atoms with Crippen LogP contribution in [0.15, 0.2) is 12.2 Å². The van der Waals surface area contributed by atoms with Crippen LogP contribution in [-0.2, 0) is 0 Å². The van der Waals surface area contributed by atoms with Gasteiger partial charge in [-0.2, -0.15) is 0 Å². The number of fused-ring (bicyclic) bond motifs is 1. The number of piperidine rings is 1. The lowest BCUT2D eigenvalue weighted by atomic mass is 9.94. The van der Waals surface area contributed by atoms with Crippen molar-refractivity contribution in [3.8, 4) is 0 Å². The third kappa shape index (κ3) is 4.95. The minimum absolute atomic E-state index is 0.873. The molecule has 19 heavy (non-hydrogen) atoms. The molecule has 0 spiro atoms. The van der Waals surface area contributed by atoms with E-state index in [-0.39, 0.29) is 0 Å². The lowest BCUT2D eigenvalue weighted by Gasteiger charge is -2.37. The molecule has 2 atom stereocenters. The van der Waals surface area contributed by atoms with Gasteiger partial charge in [0.1, 0.15) is 0 Å². The van der Waals surface area contributed by atoms with Crippen LogP contribution in [0.5, 0.6) is 0 Å². The highest BCUT2D eigenvalue weighted by Gasteiger charge is 2.32. The number of hydrogen-bond acceptors (Lipinski definition) is 1. The van der Waals surface area contributed by atoms with E-state index in [0.717, 1.165) is 12.1 Å². The van der Waals surface area contributed by atoms with E-state index in [0.29, 0.717) is 0 Å². The van der Waals surface area contributed by atoms with Crippen molar-refractivity contribution < 1.29 is 0 Å². The average molecular weight is 263 g/mol. The Morgan fingerprint density at radius 1 is 0.947 bits per heavy atom. The molecule has 0 unspecified atom stereocenters. The summed E-state index contributed by atoms with van der Waals surface area (Å²) in [7, 11) is 0. The Balaban J connectivity index is 1.56. The summed E-state index contributed by atoms with van der Waals surface area (Å²) in [4.78, 5) is 2.81. The fourth-order valence-electron chi connectivity index (χ4n) is 3.89. The van der Waals surface area contributed by atoms with Crippen molar-refractivity contribution in [2.75, 3.05) is 6.54 Å². The van der Waals surface area contributed by atoms with E-state index in [4.69, 9.17) is 0 Å². The van der Waals surface area contributed by atoms with Gasteiger partial charge in [-0.05, 0) is 51.5 Å². The number of unbranched alkanes of at least 4 members (excludes halogenated alkanes) is 5. The summed E-state index contributed by atoms with van der Waals surface area (Å²) >= 11 is 0. The van der Waals surface area contributed by atoms with Gasteiger partial charge in [0, 0.05) is 12.1 Å². The van der Waals surface area contributed by atoms with Crippen LogP contribution in [-0.4, -0.2) is 23.5 Å². The molecule has 0 aromatic rings. The highest BCUT2D eigenvalue weighted by Crippen LogP contribution is 2.32. The minimum atomic E-state index is 0.873. The Morgan fingerprint density at radius 3 is 2.68 bits per heavy atom. The van der Waals surface area contributed by atoms with E-state index in [1.165, 1.54) is 83.6 Å². The van der Waals surface area contributed by atoms with Crippen LogP contribution in [0.1, 0.15) is 84.0 Å². The summed E-state index contributed by atoms with van der Waals surface area (Å²) in [5, 5.41) is 0. The maximum atomic E-state index is 2.81. The van der Waals surface area contributed by atoms with Crippen LogP contribution in [0, 0.1) is 0 Å². The second kappa shape index (κ2) is 8.79. The fraction of sp³-hybridized carbons (Fsp3) is 0.889. The van der Waals surface area contributed by atoms with Crippen LogP contribution >= 0.6 is 0 Å². The molecule has 0 aromatic carbocycles. The topological polar surface area (TPSA) is 3.24 Å². The first-order valence-corrected chi connectivity index (χ1v) is 8.82. The molecule has 2 aliphatic rings. The van der Waals surface area contributed by atoms with E-state index < -0.39 is 0 Å². The van der Waals surface area contributed by atoms with Gasteiger partial charge in [-0.25, -0.2) is 0 Å². The fourth-order valence-corrected chi connectivity index (χ4v) is 3.89. The summed E-state index contributed by atoms with van der Waals surface area (Å²) in [6.45, 7) is 3.66. The molecule has 1 nitrogen and oxygen atoms in total. The molecule has 1 heteroatoms. The third-order valence-electron chi connectivity index (χ3n) is 5.02. The van der Waals surface area contributed by atoms with Crippen LogP contribution in [0.3, 0.4) is 0 Å². The summed E-state index contributed by atoms with van der Waals surface area (Å²) in [6.07, 6.45) is 21.9. The van der Waals surface area contributed by atoms with Gasteiger partial charge in [0.25, 0.3) is 0 Å². The van der Waals surface area contributed by atoms with Gasteiger partial charge in [0.05, 0.1) is 0 Å². The van der Waals surface area contributed by atoms with Crippen molar-refractivity contribution in [1.82, 2.24) is 4.90 Å². The molecule has 0 bridgehead atoms. The smallest absolute Gasteiger partial charge is 0.0133 e. The van der Waals surface area contributed by atoms with Crippen molar-refractivity contribution >= 4 is 0 Å². The Hall–Kier alpha value is -0.300. The Labute approximate surface area is 120 Å². The number of hydrogen-bond donors (Lipinski definition) is 0. The Kier molecular flexibility index (Phi) is 6.98. The summed E-state index contributed by atoms with van der Waals surface area (Å²) in [5.41, 5.74) is 0. The quantitative estimate of drug-likeness (QED) is 0.424. The maximum absolute atomic E-state index is 2.81. The Bertz CT molecular complexity index is 258. The molecule has 0 aromatic heterocycles. The van der Waals surface area contributed by atoms with Gasteiger partial charge in [-0.15, -0.1) is 0 Å². The van der Waals surface area contributed by atoms with Crippen molar-refractivity contribution in [2.24, 2.45) is 0 Å². The summed E-state index contributed by atoms with van der Waals surface area (Å²) in [6, 6.07) is 1.82. The molecule has 0 radical (unpaired) electrons. The van der Waals surface area contributed by atoms with Crippen LogP contribution in [0.4, 0.5) is 0 Å². The molecule has 2 saturated heterocycles. The molecule has 2 aliphatic heterocycles. The molecule has 110 valence electrons. The van der Waals surface area contributed by atoms with E-state index in [9.17, 15) is 0 Å². The third-order valence-corrected chi connectivity index (χ3v) is 5.02. The number of nitrogens with zero attached hydrogens (tertiary/aromatic N) is 1. The zero-order chi connectivity index (χ0) is 13.3. The van der Waals surface area contributed by atoms with Gasteiger partial charge >= 0.3 is 0 Å². The zero-order valence-corrected chi connectivity index (χ0v) is 12.9. The normalized spacial score (nSPS) is 28.1. The molecule has 0 saturated carbocycles. The van der Waals surface area contributed by atoms with Crippen LogP contribution in [0.2, 0.25) is 0 Å². The SMILES string of the molecule is CCCCCCC/C=C/C[C@H]1CCC[C@@H]2CCCN21.